The predicted octanol–water partition coefficient (Wildman–Crippen LogP) is 7.43. The zero-order chi connectivity index (χ0) is 25.0. The normalized spacial score (nSPS) is 11.0. The van der Waals surface area contributed by atoms with E-state index in [4.69, 9.17) is 0 Å². The first-order chi connectivity index (χ1) is 17.0. The number of benzene rings is 3. The molecule has 36 heavy (non-hydrogen) atoms. The number of carbonyl (C=O) groups excluding carboxylic acids is 1. The molecule has 4 aromatic rings. The third-order valence-corrected chi connectivity index (χ3v) is 5.39. The molecule has 0 saturated heterocycles. The van der Waals surface area contributed by atoms with Crippen LogP contribution in [0.3, 0.4) is 0 Å². The molecule has 1 aromatic heterocycles. The number of carbonyl (C=O) groups is 1. The molecule has 0 fully saturated rings. The number of hydrogen-bond acceptors (Lipinski definition) is 3. The monoisotopic (exact) mass is 654 g/mol. The summed E-state index contributed by atoms with van der Waals surface area (Å²) >= 11 is 0. The molecule has 3 aromatic carbocycles. The molecule has 184 valence electrons. The summed E-state index contributed by atoms with van der Waals surface area (Å²) in [6.45, 7) is 3.91. The van der Waals surface area contributed by atoms with E-state index in [0.717, 1.165) is 33.8 Å². The van der Waals surface area contributed by atoms with Gasteiger partial charge in [0.15, 0.2) is 5.78 Å². The van der Waals surface area contributed by atoms with Crippen molar-refractivity contribution in [1.82, 2.24) is 4.98 Å². The minimum atomic E-state index is 0. The van der Waals surface area contributed by atoms with Gasteiger partial charge in [0.05, 0.1) is 0 Å². The molecule has 0 radical (unpaired) electrons. The zero-order valence-electron chi connectivity index (χ0n) is 20.9. The van der Waals surface area contributed by atoms with Gasteiger partial charge in [-0.3, -0.25) is 9.79 Å². The summed E-state index contributed by atoms with van der Waals surface area (Å²) in [6, 6.07) is 32.0. The van der Waals surface area contributed by atoms with Gasteiger partial charge in [-0.05, 0) is 23.7 Å². The van der Waals surface area contributed by atoms with Gasteiger partial charge < -0.3 is 10.3 Å². The van der Waals surface area contributed by atoms with Crippen LogP contribution in [0.1, 0.15) is 29.8 Å². The van der Waals surface area contributed by atoms with Crippen molar-refractivity contribution in [3.63, 3.8) is 0 Å². The molecule has 0 bridgehead atoms. The zero-order valence-corrected chi connectivity index (χ0v) is 23.2. The minimum Gasteiger partial charge on any atom is -0.691 e. The second-order valence-electron chi connectivity index (χ2n) is 7.86. The molecule has 5 heteroatoms. The van der Waals surface area contributed by atoms with Crippen LogP contribution in [0, 0.1) is 6.07 Å². The van der Waals surface area contributed by atoms with E-state index in [1.807, 2.05) is 117 Å². The molecule has 0 aliphatic rings. The fraction of sp³-hybridized carbons (Fsp3) is 0.129. The average Bonchev–Trinajstić information content (AvgIpc) is 2.94. The number of allylic oxidation sites excluding steroid dienone is 2. The Morgan fingerprint density at radius 3 is 2.06 bits per heavy atom. The Morgan fingerprint density at radius 2 is 1.50 bits per heavy atom. The number of aliphatic imine (C=N–C) groups is 1. The van der Waals surface area contributed by atoms with E-state index in [9.17, 15) is 4.79 Å². The minimum absolute atomic E-state index is 0. The Labute approximate surface area is 228 Å². The Balaban J connectivity index is 0.000000394. The molecule has 0 spiro atoms. The van der Waals surface area contributed by atoms with Crippen LogP contribution in [-0.4, -0.2) is 30.6 Å². The first-order valence-corrected chi connectivity index (χ1v) is 11.4. The molecule has 0 unspecified atom stereocenters. The fourth-order valence-corrected chi connectivity index (χ4v) is 3.28. The molecule has 0 aliphatic carbocycles. The van der Waals surface area contributed by atoms with Crippen LogP contribution in [0.15, 0.2) is 114 Å². The van der Waals surface area contributed by atoms with Crippen molar-refractivity contribution in [2.45, 2.75) is 13.8 Å². The molecule has 0 atom stereocenters. The first kappa shape index (κ1) is 28.6. The quantitative estimate of drug-likeness (QED) is 0.123. The van der Waals surface area contributed by atoms with E-state index in [2.05, 4.69) is 21.4 Å². The SMILES string of the molecule is CN=C(C)/C=C(/C)[N-]C.O=C(c1ccccc1)c1ccc(-c2ccc(-c3[c-]cccc3)nc2)cc1.[Pt+2]. The standard InChI is InChI=1S/C24H16NO.C7H13N2.Pt/c26-24(20-9-5-2-6-10-20)21-13-11-18(12-14-21)22-15-16-23(25-17-22)19-7-3-1-4-8-19;1-6(8-3)5-7(2)9-4;/h1-7,9-17H;5H,1-4H3;/q2*-1;+2/b;6-5-,9-7?;. The number of rotatable bonds is 6. The topological polar surface area (TPSA) is 56.4 Å². The molecule has 4 nitrogen and oxygen atoms in total. The summed E-state index contributed by atoms with van der Waals surface area (Å²) in [6.07, 6.45) is 3.80. The maximum Gasteiger partial charge on any atom is 2.00 e. The molecule has 1 heterocycles. The van der Waals surface area contributed by atoms with Gasteiger partial charge in [-0.1, -0.05) is 79.7 Å². The summed E-state index contributed by atoms with van der Waals surface area (Å²) in [5.41, 5.74) is 7.33. The van der Waals surface area contributed by atoms with Crippen molar-refractivity contribution in [3.8, 4) is 22.4 Å². The fourth-order valence-electron chi connectivity index (χ4n) is 3.28. The first-order valence-electron chi connectivity index (χ1n) is 11.4. The van der Waals surface area contributed by atoms with Crippen LogP contribution in [0.2, 0.25) is 0 Å². The molecule has 0 N–H and O–H groups in total. The Kier molecular flexibility index (Phi) is 11.7. The van der Waals surface area contributed by atoms with E-state index in [0.29, 0.717) is 11.1 Å². The van der Waals surface area contributed by atoms with Gasteiger partial charge in [0, 0.05) is 30.1 Å². The number of pyridine rings is 1. The van der Waals surface area contributed by atoms with Crippen molar-refractivity contribution in [2.75, 3.05) is 14.1 Å². The van der Waals surface area contributed by atoms with E-state index in [1.54, 1.807) is 14.1 Å². The van der Waals surface area contributed by atoms with Crippen molar-refractivity contribution < 1.29 is 25.9 Å². The van der Waals surface area contributed by atoms with Gasteiger partial charge >= 0.3 is 21.1 Å². The smallest absolute Gasteiger partial charge is 0.691 e. The van der Waals surface area contributed by atoms with Crippen LogP contribution < -0.4 is 0 Å². The van der Waals surface area contributed by atoms with Crippen molar-refractivity contribution in [3.05, 3.63) is 131 Å². The second-order valence-corrected chi connectivity index (χ2v) is 7.86. The summed E-state index contributed by atoms with van der Waals surface area (Å²) in [7, 11) is 3.55. The molecule has 0 aliphatic heterocycles. The van der Waals surface area contributed by atoms with Crippen LogP contribution >= 0.6 is 0 Å². The molecule has 4 rings (SSSR count). The van der Waals surface area contributed by atoms with Gasteiger partial charge in [-0.15, -0.1) is 42.9 Å². The summed E-state index contributed by atoms with van der Waals surface area (Å²) in [5.74, 6) is 0.0326. The largest absolute Gasteiger partial charge is 2.00 e. The molecular weight excluding hydrogens is 625 g/mol. The van der Waals surface area contributed by atoms with Gasteiger partial charge in [0.25, 0.3) is 0 Å². The van der Waals surface area contributed by atoms with E-state index < -0.39 is 0 Å². The van der Waals surface area contributed by atoms with Gasteiger partial charge in [-0.2, -0.15) is 5.70 Å². The van der Waals surface area contributed by atoms with Crippen molar-refractivity contribution in [2.24, 2.45) is 4.99 Å². The number of aromatic nitrogens is 1. The van der Waals surface area contributed by atoms with Crippen LogP contribution in [0.4, 0.5) is 0 Å². The Bertz CT molecular complexity index is 1280. The summed E-state index contributed by atoms with van der Waals surface area (Å²) in [4.78, 5) is 21.0. The van der Waals surface area contributed by atoms with Gasteiger partial charge in [0.2, 0.25) is 0 Å². The molecule has 0 amide bonds. The number of hydrogen-bond donors (Lipinski definition) is 0. The summed E-state index contributed by atoms with van der Waals surface area (Å²) < 4.78 is 0. The number of ketones is 1. The van der Waals surface area contributed by atoms with Crippen LogP contribution in [0.5, 0.6) is 0 Å². The molecule has 0 saturated carbocycles. The summed E-state index contributed by atoms with van der Waals surface area (Å²) in [5, 5.41) is 3.96. The third kappa shape index (κ3) is 8.25. The maximum atomic E-state index is 12.5. The van der Waals surface area contributed by atoms with Gasteiger partial charge in [0.1, 0.15) is 0 Å². The van der Waals surface area contributed by atoms with Crippen LogP contribution in [0.25, 0.3) is 27.7 Å². The van der Waals surface area contributed by atoms with Crippen molar-refractivity contribution in [1.29, 1.82) is 0 Å². The van der Waals surface area contributed by atoms with Crippen LogP contribution in [-0.2, 0) is 21.1 Å². The third-order valence-electron chi connectivity index (χ3n) is 5.39. The Morgan fingerprint density at radius 1 is 0.861 bits per heavy atom. The Hall–Kier alpha value is -3.62. The maximum absolute atomic E-state index is 12.5. The average molecular weight is 655 g/mol. The van der Waals surface area contributed by atoms with E-state index >= 15 is 0 Å². The van der Waals surface area contributed by atoms with E-state index in [1.165, 1.54) is 0 Å². The molecular formula is C31H29N3OPt. The van der Waals surface area contributed by atoms with E-state index in [-0.39, 0.29) is 26.8 Å². The second kappa shape index (κ2) is 14.7. The van der Waals surface area contributed by atoms with Gasteiger partial charge in [-0.25, -0.2) is 0 Å². The predicted molar refractivity (Wildman–Crippen MR) is 146 cm³/mol. The van der Waals surface area contributed by atoms with Crippen molar-refractivity contribution >= 4 is 11.5 Å². The number of nitrogens with zero attached hydrogens (tertiary/aromatic N) is 3.